The number of nitrogens with one attached hydrogen (secondary N) is 2. The number of aryl methyl sites for hydroxylation is 1. The summed E-state index contributed by atoms with van der Waals surface area (Å²) in [7, 11) is 0. The Balaban J connectivity index is 1.86. The van der Waals surface area contributed by atoms with Crippen LogP contribution in [0, 0.1) is 6.92 Å². The van der Waals surface area contributed by atoms with Crippen LogP contribution in [0.2, 0.25) is 0 Å². The first kappa shape index (κ1) is 12.1. The number of anilines is 1. The molecule has 18 heavy (non-hydrogen) atoms. The Labute approximate surface area is 106 Å². The van der Waals surface area contributed by atoms with E-state index in [2.05, 4.69) is 15.6 Å². The van der Waals surface area contributed by atoms with Crippen LogP contribution in [0.25, 0.3) is 0 Å². The van der Waals surface area contributed by atoms with Gasteiger partial charge in [0.2, 0.25) is 0 Å². The molecule has 1 heterocycles. The Morgan fingerprint density at radius 2 is 2.00 bits per heavy atom. The molecule has 0 aliphatic heterocycles. The molecule has 2 amide bonds. The molecule has 0 saturated heterocycles. The third-order valence-electron chi connectivity index (χ3n) is 2.45. The van der Waals surface area contributed by atoms with Crippen LogP contribution in [0.1, 0.15) is 11.1 Å². The Morgan fingerprint density at radius 1 is 1.22 bits per heavy atom. The van der Waals surface area contributed by atoms with Crippen molar-refractivity contribution in [3.63, 3.8) is 0 Å². The van der Waals surface area contributed by atoms with E-state index in [1.807, 2.05) is 49.4 Å². The van der Waals surface area contributed by atoms with Crippen molar-refractivity contribution in [2.24, 2.45) is 0 Å². The van der Waals surface area contributed by atoms with Gasteiger partial charge in [-0.1, -0.05) is 30.3 Å². The Bertz CT molecular complexity index is 526. The molecule has 0 fully saturated rings. The highest BCUT2D eigenvalue weighted by molar-refractivity contribution is 5.88. The molecule has 0 spiro atoms. The monoisotopic (exact) mass is 241 g/mol. The Kier molecular flexibility index (Phi) is 3.91. The molecule has 2 aromatic rings. The first-order valence-electron chi connectivity index (χ1n) is 5.75. The van der Waals surface area contributed by atoms with Gasteiger partial charge in [-0.15, -0.1) is 0 Å². The second-order valence-corrected chi connectivity index (χ2v) is 4.01. The van der Waals surface area contributed by atoms with E-state index >= 15 is 0 Å². The first-order chi connectivity index (χ1) is 8.74. The topological polar surface area (TPSA) is 54.0 Å². The predicted molar refractivity (Wildman–Crippen MR) is 71.3 cm³/mol. The van der Waals surface area contributed by atoms with Gasteiger partial charge in [-0.25, -0.2) is 9.78 Å². The second-order valence-electron chi connectivity index (χ2n) is 4.01. The largest absolute Gasteiger partial charge is 0.334 e. The van der Waals surface area contributed by atoms with Crippen molar-refractivity contribution in [3.8, 4) is 0 Å². The molecule has 2 N–H and O–H groups in total. The van der Waals surface area contributed by atoms with Crippen molar-refractivity contribution in [2.45, 2.75) is 13.5 Å². The number of pyridine rings is 1. The third kappa shape index (κ3) is 3.59. The number of urea groups is 1. The fraction of sp³-hybridized carbons (Fsp3) is 0.143. The van der Waals surface area contributed by atoms with E-state index in [4.69, 9.17) is 0 Å². The van der Waals surface area contributed by atoms with Crippen LogP contribution in [0.15, 0.2) is 48.7 Å². The maximum atomic E-state index is 11.6. The third-order valence-corrected chi connectivity index (χ3v) is 2.45. The molecule has 92 valence electrons. The van der Waals surface area contributed by atoms with E-state index in [9.17, 15) is 4.79 Å². The second kappa shape index (κ2) is 5.82. The number of benzene rings is 1. The van der Waals surface area contributed by atoms with Crippen LogP contribution < -0.4 is 10.6 Å². The van der Waals surface area contributed by atoms with Crippen LogP contribution in [0.3, 0.4) is 0 Å². The van der Waals surface area contributed by atoms with E-state index in [0.29, 0.717) is 12.4 Å². The Hall–Kier alpha value is -2.36. The number of nitrogens with zero attached hydrogens (tertiary/aromatic N) is 1. The number of carbonyl (C=O) groups is 1. The lowest BCUT2D eigenvalue weighted by atomic mass is 10.2. The average Bonchev–Trinajstić information content (AvgIpc) is 2.38. The van der Waals surface area contributed by atoms with Crippen molar-refractivity contribution in [1.29, 1.82) is 0 Å². The van der Waals surface area contributed by atoms with Crippen LogP contribution in [-0.2, 0) is 6.54 Å². The van der Waals surface area contributed by atoms with Gasteiger partial charge in [0.05, 0.1) is 0 Å². The number of amides is 2. The predicted octanol–water partition coefficient (Wildman–Crippen LogP) is 2.71. The van der Waals surface area contributed by atoms with Crippen LogP contribution in [-0.4, -0.2) is 11.0 Å². The summed E-state index contributed by atoms with van der Waals surface area (Å²) in [6, 6.07) is 13.2. The Morgan fingerprint density at radius 3 is 2.72 bits per heavy atom. The fourth-order valence-electron chi connectivity index (χ4n) is 1.54. The van der Waals surface area contributed by atoms with E-state index < -0.39 is 0 Å². The molecule has 0 unspecified atom stereocenters. The van der Waals surface area contributed by atoms with Gasteiger partial charge in [0.1, 0.15) is 5.82 Å². The van der Waals surface area contributed by atoms with E-state index in [0.717, 1.165) is 11.1 Å². The smallest absolute Gasteiger partial charge is 0.320 e. The minimum absolute atomic E-state index is 0.253. The SMILES string of the molecule is Cc1ccnc(NC(=O)NCc2ccccc2)c1. The van der Waals surface area contributed by atoms with Crippen LogP contribution in [0.4, 0.5) is 10.6 Å². The van der Waals surface area contributed by atoms with Gasteiger partial charge in [0, 0.05) is 12.7 Å². The molecule has 0 aliphatic rings. The highest BCUT2D eigenvalue weighted by Crippen LogP contribution is 2.05. The minimum atomic E-state index is -0.253. The van der Waals surface area contributed by atoms with E-state index in [1.54, 1.807) is 6.20 Å². The average molecular weight is 241 g/mol. The summed E-state index contributed by atoms with van der Waals surface area (Å²) in [6.45, 7) is 2.45. The molecule has 0 atom stereocenters. The van der Waals surface area contributed by atoms with Crippen LogP contribution >= 0.6 is 0 Å². The van der Waals surface area contributed by atoms with Gasteiger partial charge >= 0.3 is 6.03 Å². The molecule has 0 saturated carbocycles. The summed E-state index contributed by atoms with van der Waals surface area (Å²) in [5, 5.41) is 5.47. The summed E-state index contributed by atoms with van der Waals surface area (Å²) in [6.07, 6.45) is 1.67. The van der Waals surface area contributed by atoms with Crippen molar-refractivity contribution >= 4 is 11.8 Å². The molecule has 4 heteroatoms. The van der Waals surface area contributed by atoms with Crippen molar-refractivity contribution in [2.75, 3.05) is 5.32 Å². The van der Waals surface area contributed by atoms with Gasteiger partial charge in [-0.3, -0.25) is 5.32 Å². The van der Waals surface area contributed by atoms with Gasteiger partial charge in [-0.2, -0.15) is 0 Å². The molecule has 0 radical (unpaired) electrons. The number of rotatable bonds is 3. The lowest BCUT2D eigenvalue weighted by Gasteiger charge is -2.07. The summed E-state index contributed by atoms with van der Waals surface area (Å²) < 4.78 is 0. The fourth-order valence-corrected chi connectivity index (χ4v) is 1.54. The van der Waals surface area contributed by atoms with Gasteiger partial charge in [-0.05, 0) is 30.2 Å². The number of hydrogen-bond donors (Lipinski definition) is 2. The highest BCUT2D eigenvalue weighted by Gasteiger charge is 2.02. The van der Waals surface area contributed by atoms with Gasteiger partial charge in [0.25, 0.3) is 0 Å². The normalized spacial score (nSPS) is 9.83. The molecular weight excluding hydrogens is 226 g/mol. The lowest BCUT2D eigenvalue weighted by Crippen LogP contribution is -2.28. The van der Waals surface area contributed by atoms with Gasteiger partial charge < -0.3 is 5.32 Å². The summed E-state index contributed by atoms with van der Waals surface area (Å²) >= 11 is 0. The molecular formula is C14H15N3O. The van der Waals surface area contributed by atoms with Crippen molar-refractivity contribution in [1.82, 2.24) is 10.3 Å². The molecule has 1 aromatic carbocycles. The quantitative estimate of drug-likeness (QED) is 0.868. The molecule has 0 bridgehead atoms. The number of carbonyl (C=O) groups excluding carboxylic acids is 1. The summed E-state index contributed by atoms with van der Waals surface area (Å²) in [4.78, 5) is 15.7. The van der Waals surface area contributed by atoms with Gasteiger partial charge in [0.15, 0.2) is 0 Å². The molecule has 0 aliphatic carbocycles. The zero-order chi connectivity index (χ0) is 12.8. The zero-order valence-electron chi connectivity index (χ0n) is 10.2. The first-order valence-corrected chi connectivity index (χ1v) is 5.75. The summed E-state index contributed by atoms with van der Waals surface area (Å²) in [5.41, 5.74) is 2.12. The molecule has 4 nitrogen and oxygen atoms in total. The van der Waals surface area contributed by atoms with Crippen molar-refractivity contribution < 1.29 is 4.79 Å². The number of hydrogen-bond acceptors (Lipinski definition) is 2. The van der Waals surface area contributed by atoms with Crippen LogP contribution in [0.5, 0.6) is 0 Å². The van der Waals surface area contributed by atoms with Crippen molar-refractivity contribution in [3.05, 3.63) is 59.8 Å². The standard InChI is InChI=1S/C14H15N3O/c1-11-7-8-15-13(9-11)17-14(18)16-10-12-5-3-2-4-6-12/h2-9H,10H2,1H3,(H2,15,16,17,18). The van der Waals surface area contributed by atoms with E-state index in [1.165, 1.54) is 0 Å². The lowest BCUT2D eigenvalue weighted by molar-refractivity contribution is 0.251. The number of aromatic nitrogens is 1. The highest BCUT2D eigenvalue weighted by atomic mass is 16.2. The maximum absolute atomic E-state index is 11.6. The minimum Gasteiger partial charge on any atom is -0.334 e. The maximum Gasteiger partial charge on any atom is 0.320 e. The summed E-state index contributed by atoms with van der Waals surface area (Å²) in [5.74, 6) is 0.556. The zero-order valence-corrected chi connectivity index (χ0v) is 10.2. The molecule has 2 rings (SSSR count). The van der Waals surface area contributed by atoms with E-state index in [-0.39, 0.29) is 6.03 Å². The molecule has 1 aromatic heterocycles.